The monoisotopic (exact) mass is 340 g/mol. The third kappa shape index (κ3) is 3.58. The van der Waals surface area contributed by atoms with Crippen molar-refractivity contribution in [2.75, 3.05) is 6.54 Å². The SMILES string of the molecule is O=C(N[C@@H]1C[C@H]1c1ccccc1)[C@@H]1CCCN1C(=O)C1CCCCC1. The molecule has 2 amide bonds. The lowest BCUT2D eigenvalue weighted by Gasteiger charge is -2.30. The molecule has 1 saturated heterocycles. The van der Waals surface area contributed by atoms with E-state index in [4.69, 9.17) is 0 Å². The highest BCUT2D eigenvalue weighted by Gasteiger charge is 2.43. The minimum Gasteiger partial charge on any atom is -0.351 e. The number of rotatable bonds is 4. The molecule has 3 aliphatic rings. The molecule has 1 aromatic carbocycles. The Morgan fingerprint density at radius 2 is 1.72 bits per heavy atom. The van der Waals surface area contributed by atoms with Gasteiger partial charge in [-0.1, -0.05) is 49.6 Å². The first-order chi connectivity index (χ1) is 12.2. The number of likely N-dealkylation sites (tertiary alicyclic amines) is 1. The molecule has 25 heavy (non-hydrogen) atoms. The van der Waals surface area contributed by atoms with Crippen molar-refractivity contribution in [1.82, 2.24) is 10.2 Å². The summed E-state index contributed by atoms with van der Waals surface area (Å²) in [5.74, 6) is 0.882. The summed E-state index contributed by atoms with van der Waals surface area (Å²) in [5, 5.41) is 3.20. The summed E-state index contributed by atoms with van der Waals surface area (Å²) >= 11 is 0. The summed E-state index contributed by atoms with van der Waals surface area (Å²) in [4.78, 5) is 27.5. The lowest BCUT2D eigenvalue weighted by Crippen LogP contribution is -2.48. The third-order valence-corrected chi connectivity index (χ3v) is 6.14. The van der Waals surface area contributed by atoms with Gasteiger partial charge in [-0.25, -0.2) is 0 Å². The number of nitrogens with zero attached hydrogens (tertiary/aromatic N) is 1. The van der Waals surface area contributed by atoms with Crippen molar-refractivity contribution in [3.8, 4) is 0 Å². The summed E-state index contributed by atoms with van der Waals surface area (Å²) in [6, 6.07) is 10.4. The minimum absolute atomic E-state index is 0.0603. The van der Waals surface area contributed by atoms with E-state index in [2.05, 4.69) is 17.4 Å². The Bertz CT molecular complexity index is 624. The fraction of sp³-hybridized carbons (Fsp3) is 0.619. The van der Waals surface area contributed by atoms with Gasteiger partial charge in [0.05, 0.1) is 0 Å². The Labute approximate surface area is 150 Å². The average Bonchev–Trinajstić information content (AvgIpc) is 3.25. The molecule has 4 rings (SSSR count). The van der Waals surface area contributed by atoms with Gasteiger partial charge in [0, 0.05) is 24.4 Å². The van der Waals surface area contributed by atoms with Crippen LogP contribution in [0.5, 0.6) is 0 Å². The van der Waals surface area contributed by atoms with Gasteiger partial charge in [0.25, 0.3) is 0 Å². The number of hydrogen-bond acceptors (Lipinski definition) is 2. The van der Waals surface area contributed by atoms with Crippen LogP contribution in [0.4, 0.5) is 0 Å². The van der Waals surface area contributed by atoms with Gasteiger partial charge in [0.15, 0.2) is 0 Å². The maximum Gasteiger partial charge on any atom is 0.243 e. The van der Waals surface area contributed by atoms with Crippen molar-refractivity contribution in [1.29, 1.82) is 0 Å². The van der Waals surface area contributed by atoms with Gasteiger partial charge in [-0.2, -0.15) is 0 Å². The van der Waals surface area contributed by atoms with Crippen LogP contribution in [0.3, 0.4) is 0 Å². The molecule has 1 heterocycles. The van der Waals surface area contributed by atoms with Crippen LogP contribution in [0.15, 0.2) is 30.3 Å². The molecule has 0 radical (unpaired) electrons. The lowest BCUT2D eigenvalue weighted by molar-refractivity contribution is -0.142. The van der Waals surface area contributed by atoms with Crippen molar-refractivity contribution >= 4 is 11.8 Å². The van der Waals surface area contributed by atoms with Crippen molar-refractivity contribution in [3.05, 3.63) is 35.9 Å². The van der Waals surface area contributed by atoms with Crippen molar-refractivity contribution in [2.45, 2.75) is 69.4 Å². The van der Waals surface area contributed by atoms with Crippen molar-refractivity contribution in [3.63, 3.8) is 0 Å². The van der Waals surface area contributed by atoms with Gasteiger partial charge in [0.1, 0.15) is 6.04 Å². The molecule has 3 atom stereocenters. The second-order valence-electron chi connectivity index (χ2n) is 7.89. The smallest absolute Gasteiger partial charge is 0.243 e. The Hall–Kier alpha value is -1.84. The van der Waals surface area contributed by atoms with Crippen LogP contribution in [0.2, 0.25) is 0 Å². The number of hydrogen-bond donors (Lipinski definition) is 1. The molecule has 2 aliphatic carbocycles. The van der Waals surface area contributed by atoms with Gasteiger partial charge in [-0.15, -0.1) is 0 Å². The van der Waals surface area contributed by atoms with Crippen LogP contribution in [-0.4, -0.2) is 35.3 Å². The molecule has 1 N–H and O–H groups in total. The molecular formula is C21H28N2O2. The van der Waals surface area contributed by atoms with Gasteiger partial charge >= 0.3 is 0 Å². The largest absolute Gasteiger partial charge is 0.351 e. The molecule has 2 saturated carbocycles. The number of nitrogens with one attached hydrogen (secondary N) is 1. The molecule has 4 heteroatoms. The molecule has 134 valence electrons. The van der Waals surface area contributed by atoms with E-state index >= 15 is 0 Å². The lowest BCUT2D eigenvalue weighted by atomic mass is 9.88. The zero-order chi connectivity index (χ0) is 17.2. The van der Waals surface area contributed by atoms with E-state index in [1.165, 1.54) is 12.0 Å². The molecule has 0 spiro atoms. The van der Waals surface area contributed by atoms with Gasteiger partial charge < -0.3 is 10.2 Å². The topological polar surface area (TPSA) is 49.4 Å². The van der Waals surface area contributed by atoms with Gasteiger partial charge in [-0.05, 0) is 37.7 Å². The third-order valence-electron chi connectivity index (χ3n) is 6.14. The van der Waals surface area contributed by atoms with E-state index in [-0.39, 0.29) is 29.8 Å². The minimum atomic E-state index is -0.244. The van der Waals surface area contributed by atoms with Crippen molar-refractivity contribution in [2.24, 2.45) is 5.92 Å². The van der Waals surface area contributed by atoms with E-state index < -0.39 is 0 Å². The maximum atomic E-state index is 12.8. The number of amides is 2. The van der Waals surface area contributed by atoms with E-state index in [0.717, 1.165) is 51.5 Å². The van der Waals surface area contributed by atoms with Gasteiger partial charge in [-0.3, -0.25) is 9.59 Å². The van der Waals surface area contributed by atoms with E-state index in [1.54, 1.807) is 0 Å². The Kier molecular flexibility index (Phi) is 4.78. The molecule has 1 aromatic rings. The van der Waals surface area contributed by atoms with Crippen molar-refractivity contribution < 1.29 is 9.59 Å². The highest BCUT2D eigenvalue weighted by molar-refractivity contribution is 5.89. The molecule has 0 aromatic heterocycles. The Morgan fingerprint density at radius 1 is 0.960 bits per heavy atom. The van der Waals surface area contributed by atoms with Crippen LogP contribution < -0.4 is 5.32 Å². The predicted molar refractivity (Wildman–Crippen MR) is 97.0 cm³/mol. The first kappa shape index (κ1) is 16.6. The van der Waals surface area contributed by atoms with E-state index in [9.17, 15) is 9.59 Å². The Balaban J connectivity index is 1.34. The van der Waals surface area contributed by atoms with Crippen LogP contribution in [0, 0.1) is 5.92 Å². The van der Waals surface area contributed by atoms with E-state index in [1.807, 2.05) is 23.1 Å². The van der Waals surface area contributed by atoms with Crippen LogP contribution in [-0.2, 0) is 9.59 Å². The first-order valence-electron chi connectivity index (χ1n) is 9.90. The highest BCUT2D eigenvalue weighted by Crippen LogP contribution is 2.41. The molecule has 4 nitrogen and oxygen atoms in total. The number of carbonyl (C=O) groups is 2. The number of benzene rings is 1. The zero-order valence-electron chi connectivity index (χ0n) is 14.8. The van der Waals surface area contributed by atoms with Gasteiger partial charge in [0.2, 0.25) is 11.8 Å². The maximum absolute atomic E-state index is 12.8. The summed E-state index contributed by atoms with van der Waals surface area (Å²) in [6.45, 7) is 0.750. The standard InChI is InChI=1S/C21H28N2O2/c24-20(22-18-14-17(18)15-8-3-1-4-9-15)19-12-7-13-23(19)21(25)16-10-5-2-6-11-16/h1,3-4,8-9,16-19H,2,5-7,10-14H2,(H,22,24)/t17-,18+,19-/m0/s1. The van der Waals surface area contributed by atoms with E-state index in [0.29, 0.717) is 5.92 Å². The fourth-order valence-electron chi connectivity index (χ4n) is 4.59. The average molecular weight is 340 g/mol. The second-order valence-corrected chi connectivity index (χ2v) is 7.89. The molecule has 0 bridgehead atoms. The molecule has 1 aliphatic heterocycles. The summed E-state index contributed by atoms with van der Waals surface area (Å²) in [6.07, 6.45) is 8.33. The highest BCUT2D eigenvalue weighted by atomic mass is 16.2. The predicted octanol–water partition coefficient (Wildman–Crippen LogP) is 3.23. The Morgan fingerprint density at radius 3 is 2.48 bits per heavy atom. The summed E-state index contributed by atoms with van der Waals surface area (Å²) in [5.41, 5.74) is 1.30. The fourth-order valence-corrected chi connectivity index (χ4v) is 4.59. The summed E-state index contributed by atoms with van der Waals surface area (Å²) < 4.78 is 0. The summed E-state index contributed by atoms with van der Waals surface area (Å²) in [7, 11) is 0. The second kappa shape index (κ2) is 7.19. The number of carbonyl (C=O) groups excluding carboxylic acids is 2. The molecule has 0 unspecified atom stereocenters. The normalized spacial score (nSPS) is 29.4. The molecule has 3 fully saturated rings. The zero-order valence-corrected chi connectivity index (χ0v) is 14.8. The van der Waals surface area contributed by atoms with Crippen LogP contribution in [0.25, 0.3) is 0 Å². The molecular weight excluding hydrogens is 312 g/mol. The quantitative estimate of drug-likeness (QED) is 0.915. The van der Waals surface area contributed by atoms with Crippen LogP contribution in [0.1, 0.15) is 62.8 Å². The van der Waals surface area contributed by atoms with Crippen LogP contribution >= 0.6 is 0 Å². The first-order valence-corrected chi connectivity index (χ1v) is 9.90.